The highest BCUT2D eigenvalue weighted by molar-refractivity contribution is 7.52. The van der Waals surface area contributed by atoms with Crippen LogP contribution < -0.4 is 9.26 Å². The number of rotatable bonds is 8. The molecule has 10 heteroatoms. The zero-order valence-electron chi connectivity index (χ0n) is 19.0. The number of aromatic nitrogens is 2. The number of alkyl halides is 3. The molecule has 0 saturated heterocycles. The average Bonchev–Trinajstić information content (AvgIpc) is 3.18. The first kappa shape index (κ1) is 25.1. The maximum absolute atomic E-state index is 12.9. The second-order valence-corrected chi connectivity index (χ2v) is 10.2. The van der Waals surface area contributed by atoms with Crippen molar-refractivity contribution in [1.82, 2.24) is 9.97 Å². The van der Waals surface area contributed by atoms with E-state index in [9.17, 15) is 18.3 Å². The highest BCUT2D eigenvalue weighted by Gasteiger charge is 2.33. The van der Waals surface area contributed by atoms with Crippen molar-refractivity contribution in [2.24, 2.45) is 0 Å². The van der Waals surface area contributed by atoms with Crippen molar-refractivity contribution in [1.29, 1.82) is 0 Å². The van der Waals surface area contributed by atoms with E-state index in [1.54, 1.807) is 0 Å². The van der Waals surface area contributed by atoms with Crippen LogP contribution in [0, 0.1) is 0 Å². The molecule has 0 aliphatic heterocycles. The molecule has 0 amide bonds. The number of H-pyrrole nitrogens is 1. The van der Waals surface area contributed by atoms with Gasteiger partial charge in [0.2, 0.25) is 0 Å². The van der Waals surface area contributed by atoms with Crippen molar-refractivity contribution in [3.05, 3.63) is 71.0 Å². The molecule has 0 spiro atoms. The molecule has 0 aliphatic carbocycles. The van der Waals surface area contributed by atoms with E-state index < -0.39 is 20.3 Å². The summed E-state index contributed by atoms with van der Waals surface area (Å²) < 4.78 is 48.7. The normalized spacial score (nSPS) is 12.6. The quantitative estimate of drug-likeness (QED) is 0.231. The molecule has 0 saturated carbocycles. The van der Waals surface area contributed by atoms with Gasteiger partial charge in [-0.25, -0.2) is 4.98 Å². The van der Waals surface area contributed by atoms with Gasteiger partial charge in [-0.15, -0.1) is 13.2 Å². The van der Waals surface area contributed by atoms with Crippen LogP contribution in [0.2, 0.25) is 5.02 Å². The van der Waals surface area contributed by atoms with Crippen LogP contribution in [-0.2, 0) is 6.42 Å². The topological polar surface area (TPSA) is 67.4 Å². The third kappa shape index (κ3) is 6.00. The average molecular weight is 523 g/mol. The number of aromatic amines is 1. The molecular weight excluding hydrogens is 500 g/mol. The van der Waals surface area contributed by atoms with E-state index in [0.29, 0.717) is 23.3 Å². The number of ether oxygens (including phenoxy) is 1. The van der Waals surface area contributed by atoms with Crippen molar-refractivity contribution in [2.75, 3.05) is 12.8 Å². The zero-order valence-corrected chi connectivity index (χ0v) is 20.6. The minimum atomic E-state index is -4.89. The summed E-state index contributed by atoms with van der Waals surface area (Å²) in [4.78, 5) is 7.67. The molecule has 1 aromatic heterocycles. The van der Waals surface area contributed by atoms with Crippen LogP contribution in [0.1, 0.15) is 24.7 Å². The lowest BCUT2D eigenvalue weighted by Gasteiger charge is -2.15. The number of hydrogen-bond acceptors (Lipinski definition) is 4. The fourth-order valence-corrected chi connectivity index (χ4v) is 5.32. The Bertz CT molecular complexity index is 1330. The fourth-order valence-electron chi connectivity index (χ4n) is 3.78. The summed E-state index contributed by atoms with van der Waals surface area (Å²) in [5.74, 6) is 0.651. The second-order valence-electron chi connectivity index (χ2n) is 7.97. The lowest BCUT2D eigenvalue weighted by molar-refractivity contribution is -0.274. The molecule has 3 aromatic carbocycles. The Hall–Kier alpha value is -2.96. The van der Waals surface area contributed by atoms with E-state index in [1.807, 2.05) is 24.3 Å². The highest BCUT2D eigenvalue weighted by Crippen LogP contribution is 2.45. The highest BCUT2D eigenvalue weighted by atomic mass is 35.5. The summed E-state index contributed by atoms with van der Waals surface area (Å²) in [5.41, 5.74) is 1.82. The summed E-state index contributed by atoms with van der Waals surface area (Å²) >= 11 is 6.54. The van der Waals surface area contributed by atoms with Crippen LogP contribution in [0.3, 0.4) is 0 Å². The summed E-state index contributed by atoms with van der Waals surface area (Å²) in [6.45, 7) is 4.23. The van der Waals surface area contributed by atoms with Crippen molar-refractivity contribution in [2.45, 2.75) is 26.1 Å². The lowest BCUT2D eigenvalue weighted by Crippen LogP contribution is -2.17. The molecule has 0 fully saturated rings. The first-order valence-corrected chi connectivity index (χ1v) is 13.1. The van der Waals surface area contributed by atoms with E-state index in [-0.39, 0.29) is 21.9 Å². The third-order valence-corrected chi connectivity index (χ3v) is 7.19. The van der Waals surface area contributed by atoms with Crippen molar-refractivity contribution >= 4 is 30.8 Å². The molecule has 35 heavy (non-hydrogen) atoms. The van der Waals surface area contributed by atoms with Gasteiger partial charge >= 0.3 is 6.36 Å². The maximum Gasteiger partial charge on any atom is 0.573 e. The molecule has 0 aliphatic rings. The standard InChI is InChI=1S/C25H23ClF3N2O3P/c1-3-12-35(2)34-16-10-8-15(9-11-16)13-21-30-18-14-19(32)22(23(26)24(18)31-21)17-6-4-5-7-20(17)33-25(27,28)29/h4-11,14,32H,3,12-13H2,1-2H3,(H,30,31). The summed E-state index contributed by atoms with van der Waals surface area (Å²) in [5, 5.41) is 10.6. The van der Waals surface area contributed by atoms with Gasteiger partial charge in [0.25, 0.3) is 0 Å². The number of phenols is 1. The number of fused-ring (bicyclic) bond motifs is 1. The van der Waals surface area contributed by atoms with Gasteiger partial charge in [0.05, 0.1) is 18.7 Å². The van der Waals surface area contributed by atoms with E-state index in [2.05, 4.69) is 28.3 Å². The molecule has 1 heterocycles. The molecule has 1 atom stereocenters. The second kappa shape index (κ2) is 10.3. The lowest BCUT2D eigenvalue weighted by atomic mass is 10.0. The number of aromatic hydroxyl groups is 1. The van der Waals surface area contributed by atoms with Gasteiger partial charge in [0.1, 0.15) is 28.6 Å². The summed E-state index contributed by atoms with van der Waals surface area (Å²) in [7, 11) is -0.496. The molecule has 1 unspecified atom stereocenters. The van der Waals surface area contributed by atoms with Gasteiger partial charge in [0.15, 0.2) is 0 Å². The van der Waals surface area contributed by atoms with E-state index in [4.69, 9.17) is 16.1 Å². The van der Waals surface area contributed by atoms with Gasteiger partial charge in [0, 0.05) is 29.8 Å². The van der Waals surface area contributed by atoms with Crippen molar-refractivity contribution in [3.8, 4) is 28.4 Å². The minimum Gasteiger partial charge on any atom is -0.507 e. The van der Waals surface area contributed by atoms with Crippen LogP contribution in [0.5, 0.6) is 17.2 Å². The molecule has 184 valence electrons. The Morgan fingerprint density at radius 3 is 2.51 bits per heavy atom. The molecule has 0 radical (unpaired) electrons. The summed E-state index contributed by atoms with van der Waals surface area (Å²) in [6.07, 6.45) is -2.31. The van der Waals surface area contributed by atoms with Gasteiger partial charge < -0.3 is 19.4 Å². The third-order valence-electron chi connectivity index (χ3n) is 5.22. The Kier molecular flexibility index (Phi) is 7.43. The molecule has 4 aromatic rings. The number of hydrogen-bond donors (Lipinski definition) is 2. The van der Waals surface area contributed by atoms with Crippen LogP contribution in [0.4, 0.5) is 13.2 Å². The van der Waals surface area contributed by atoms with Crippen molar-refractivity contribution in [3.63, 3.8) is 0 Å². The minimum absolute atomic E-state index is 0.00771. The molecule has 0 bridgehead atoms. The molecule has 5 nitrogen and oxygen atoms in total. The van der Waals surface area contributed by atoms with Crippen LogP contribution in [-0.4, -0.2) is 34.3 Å². The van der Waals surface area contributed by atoms with E-state index >= 15 is 0 Å². The van der Waals surface area contributed by atoms with Gasteiger partial charge in [-0.1, -0.05) is 48.9 Å². The first-order valence-electron chi connectivity index (χ1n) is 10.9. The monoisotopic (exact) mass is 522 g/mol. The number of imidazole rings is 1. The van der Waals surface area contributed by atoms with E-state index in [0.717, 1.165) is 30.0 Å². The number of nitrogens with zero attached hydrogens (tertiary/aromatic N) is 1. The predicted octanol–water partition coefficient (Wildman–Crippen LogP) is 7.89. The Morgan fingerprint density at radius 1 is 1.11 bits per heavy atom. The molecule has 2 N–H and O–H groups in total. The zero-order chi connectivity index (χ0) is 25.2. The van der Waals surface area contributed by atoms with Crippen LogP contribution >= 0.6 is 19.7 Å². The van der Waals surface area contributed by atoms with Gasteiger partial charge in [-0.05, 0) is 36.8 Å². The Morgan fingerprint density at radius 2 is 1.83 bits per heavy atom. The van der Waals surface area contributed by atoms with Crippen LogP contribution in [0.15, 0.2) is 54.6 Å². The SMILES string of the molecule is CCCP(C)Oc1ccc(Cc2nc3c(Cl)c(-c4ccccc4OC(F)(F)F)c(O)cc3[nH]2)cc1. The van der Waals surface area contributed by atoms with Crippen LogP contribution in [0.25, 0.3) is 22.2 Å². The predicted molar refractivity (Wildman–Crippen MR) is 133 cm³/mol. The maximum atomic E-state index is 12.9. The fraction of sp³-hybridized carbons (Fsp3) is 0.240. The number of benzene rings is 3. The van der Waals surface area contributed by atoms with Gasteiger partial charge in [-0.3, -0.25) is 0 Å². The molecule has 4 rings (SSSR count). The number of para-hydroxylation sites is 1. The summed E-state index contributed by atoms with van der Waals surface area (Å²) in [6, 6.07) is 14.6. The van der Waals surface area contributed by atoms with Gasteiger partial charge in [-0.2, -0.15) is 0 Å². The Balaban J connectivity index is 1.63. The Labute approximate surface area is 206 Å². The van der Waals surface area contributed by atoms with Crippen molar-refractivity contribution < 1.29 is 27.5 Å². The largest absolute Gasteiger partial charge is 0.573 e. The number of nitrogens with one attached hydrogen (secondary N) is 1. The first-order chi connectivity index (χ1) is 16.6. The smallest absolute Gasteiger partial charge is 0.507 e. The molecular formula is C25H23ClF3N2O3P. The number of phenolic OH excluding ortho intramolecular Hbond substituents is 1. The number of halogens is 4. The van der Waals surface area contributed by atoms with E-state index in [1.165, 1.54) is 24.3 Å².